The molecule has 4 heteroatoms. The monoisotopic (exact) mass is 226 g/mol. The molecule has 94 valence electrons. The molecule has 0 unspecified atom stereocenters. The molecule has 3 N–H and O–H groups in total. The van der Waals surface area contributed by atoms with Gasteiger partial charge in [-0.3, -0.25) is 10.4 Å². The molecule has 1 saturated heterocycles. The number of nitrogens with zero attached hydrogens (tertiary/aromatic N) is 2. The number of aliphatic imine (C=N–C) groups is 1. The van der Waals surface area contributed by atoms with Crippen LogP contribution in [0.2, 0.25) is 0 Å². The van der Waals surface area contributed by atoms with Crippen LogP contribution in [-0.2, 0) is 0 Å². The van der Waals surface area contributed by atoms with Gasteiger partial charge in [-0.05, 0) is 18.8 Å². The average molecular weight is 226 g/mol. The predicted octanol–water partition coefficient (Wildman–Crippen LogP) is 1.73. The molecule has 1 aliphatic rings. The normalized spacial score (nSPS) is 19.5. The Morgan fingerprint density at radius 1 is 1.19 bits per heavy atom. The van der Waals surface area contributed by atoms with E-state index in [-0.39, 0.29) is 0 Å². The molecule has 1 rings (SSSR count). The van der Waals surface area contributed by atoms with E-state index in [1.807, 2.05) is 0 Å². The van der Waals surface area contributed by atoms with E-state index >= 15 is 0 Å². The van der Waals surface area contributed by atoms with Crippen LogP contribution >= 0.6 is 0 Å². The molecule has 0 aromatic carbocycles. The summed E-state index contributed by atoms with van der Waals surface area (Å²) in [5.74, 6) is 7.01. The number of hydrazine groups is 1. The van der Waals surface area contributed by atoms with Crippen molar-refractivity contribution in [2.24, 2.45) is 16.8 Å². The van der Waals surface area contributed by atoms with Crippen molar-refractivity contribution in [3.8, 4) is 0 Å². The first kappa shape index (κ1) is 13.3. The summed E-state index contributed by atoms with van der Waals surface area (Å²) in [6.07, 6.45) is 6.55. The highest BCUT2D eigenvalue weighted by atomic mass is 15.4. The van der Waals surface area contributed by atoms with Crippen molar-refractivity contribution >= 4 is 5.96 Å². The van der Waals surface area contributed by atoms with E-state index in [1.165, 1.54) is 32.1 Å². The molecule has 0 bridgehead atoms. The number of likely N-dealkylation sites (tertiary alicyclic amines) is 1. The third kappa shape index (κ3) is 4.84. The maximum absolute atomic E-state index is 5.56. The number of hydrogen-bond acceptors (Lipinski definition) is 2. The molecule has 0 amide bonds. The predicted molar refractivity (Wildman–Crippen MR) is 69.1 cm³/mol. The zero-order chi connectivity index (χ0) is 11.8. The molecule has 4 nitrogen and oxygen atoms in total. The second-order valence-corrected chi connectivity index (χ2v) is 4.96. The van der Waals surface area contributed by atoms with Crippen LogP contribution in [0.4, 0.5) is 0 Å². The highest BCUT2D eigenvalue weighted by Gasteiger charge is 2.11. The van der Waals surface area contributed by atoms with Gasteiger partial charge in [0, 0.05) is 19.6 Å². The van der Waals surface area contributed by atoms with Crippen molar-refractivity contribution in [1.29, 1.82) is 0 Å². The topological polar surface area (TPSA) is 53.6 Å². The Balaban J connectivity index is 2.51. The molecule has 1 aliphatic heterocycles. The van der Waals surface area contributed by atoms with Crippen molar-refractivity contribution in [2.75, 3.05) is 19.6 Å². The smallest absolute Gasteiger partial charge is 0.208 e. The van der Waals surface area contributed by atoms with Crippen LogP contribution in [0.5, 0.6) is 0 Å². The number of hydrogen-bond donors (Lipinski definition) is 2. The standard InChI is InChI=1S/C12H26N4/c1-11(2)10-14-12(15-13)16-8-6-4-3-5-7-9-16/h11H,3-10,13H2,1-2H3,(H,14,15). The Morgan fingerprint density at radius 2 is 1.75 bits per heavy atom. The lowest BCUT2D eigenvalue weighted by Gasteiger charge is -2.27. The quantitative estimate of drug-likeness (QED) is 0.326. The molecule has 0 aromatic heterocycles. The van der Waals surface area contributed by atoms with E-state index in [9.17, 15) is 0 Å². The van der Waals surface area contributed by atoms with Gasteiger partial charge in [0.05, 0.1) is 0 Å². The highest BCUT2D eigenvalue weighted by molar-refractivity contribution is 5.79. The Hall–Kier alpha value is -0.770. The van der Waals surface area contributed by atoms with Gasteiger partial charge in [-0.2, -0.15) is 0 Å². The maximum atomic E-state index is 5.56. The lowest BCUT2D eigenvalue weighted by atomic mass is 10.1. The molecule has 0 radical (unpaired) electrons. The van der Waals surface area contributed by atoms with Gasteiger partial charge in [-0.25, -0.2) is 5.84 Å². The van der Waals surface area contributed by atoms with E-state index in [4.69, 9.17) is 5.84 Å². The highest BCUT2D eigenvalue weighted by Crippen LogP contribution is 2.10. The Bertz CT molecular complexity index is 205. The summed E-state index contributed by atoms with van der Waals surface area (Å²) in [7, 11) is 0. The Labute approximate surface area is 99.3 Å². The van der Waals surface area contributed by atoms with Crippen molar-refractivity contribution in [3.05, 3.63) is 0 Å². The summed E-state index contributed by atoms with van der Waals surface area (Å²) in [4.78, 5) is 6.84. The molecular weight excluding hydrogens is 200 g/mol. The summed E-state index contributed by atoms with van der Waals surface area (Å²) >= 11 is 0. The molecule has 1 heterocycles. The van der Waals surface area contributed by atoms with Crippen molar-refractivity contribution in [2.45, 2.75) is 46.0 Å². The lowest BCUT2D eigenvalue weighted by molar-refractivity contribution is 0.350. The van der Waals surface area contributed by atoms with Crippen LogP contribution in [0, 0.1) is 5.92 Å². The minimum Gasteiger partial charge on any atom is -0.342 e. The van der Waals surface area contributed by atoms with E-state index in [2.05, 4.69) is 29.2 Å². The van der Waals surface area contributed by atoms with Crippen LogP contribution in [-0.4, -0.2) is 30.5 Å². The zero-order valence-electron chi connectivity index (χ0n) is 10.7. The molecule has 16 heavy (non-hydrogen) atoms. The molecule has 0 aromatic rings. The molecular formula is C12H26N4. The average Bonchev–Trinajstić information content (AvgIpc) is 2.20. The van der Waals surface area contributed by atoms with Gasteiger partial charge in [-0.15, -0.1) is 0 Å². The SMILES string of the molecule is CC(C)CN=C(NN)N1CCCCCCC1. The minimum absolute atomic E-state index is 0.582. The van der Waals surface area contributed by atoms with Gasteiger partial charge in [0.25, 0.3) is 0 Å². The van der Waals surface area contributed by atoms with Crippen LogP contribution in [0.15, 0.2) is 4.99 Å². The van der Waals surface area contributed by atoms with Crippen molar-refractivity contribution < 1.29 is 0 Å². The summed E-state index contributed by atoms with van der Waals surface area (Å²) < 4.78 is 0. The van der Waals surface area contributed by atoms with Crippen molar-refractivity contribution in [3.63, 3.8) is 0 Å². The fourth-order valence-electron chi connectivity index (χ4n) is 1.97. The summed E-state index contributed by atoms with van der Waals surface area (Å²) in [6, 6.07) is 0. The van der Waals surface area contributed by atoms with Crippen LogP contribution < -0.4 is 11.3 Å². The Kier molecular flexibility index (Phi) is 6.23. The summed E-state index contributed by atoms with van der Waals surface area (Å²) in [5.41, 5.74) is 2.75. The number of nitrogens with one attached hydrogen (secondary N) is 1. The summed E-state index contributed by atoms with van der Waals surface area (Å²) in [5, 5.41) is 0. The van der Waals surface area contributed by atoms with Gasteiger partial charge < -0.3 is 4.90 Å². The second kappa shape index (κ2) is 7.49. The number of rotatable bonds is 2. The minimum atomic E-state index is 0.582. The van der Waals surface area contributed by atoms with E-state index < -0.39 is 0 Å². The van der Waals surface area contributed by atoms with Gasteiger partial charge in [0.1, 0.15) is 0 Å². The number of guanidine groups is 1. The van der Waals surface area contributed by atoms with Gasteiger partial charge in [-0.1, -0.05) is 33.1 Å². The number of nitrogens with two attached hydrogens (primary N) is 1. The fraction of sp³-hybridized carbons (Fsp3) is 0.917. The van der Waals surface area contributed by atoms with Crippen LogP contribution in [0.1, 0.15) is 46.0 Å². The van der Waals surface area contributed by atoms with Crippen LogP contribution in [0.25, 0.3) is 0 Å². The van der Waals surface area contributed by atoms with Crippen molar-refractivity contribution in [1.82, 2.24) is 10.3 Å². The lowest BCUT2D eigenvalue weighted by Crippen LogP contribution is -2.46. The van der Waals surface area contributed by atoms with Gasteiger partial charge >= 0.3 is 0 Å². The van der Waals surface area contributed by atoms with E-state index in [1.54, 1.807) is 0 Å². The van der Waals surface area contributed by atoms with Gasteiger partial charge in [0.15, 0.2) is 0 Å². The molecule has 1 fully saturated rings. The zero-order valence-corrected chi connectivity index (χ0v) is 10.7. The Morgan fingerprint density at radius 3 is 2.25 bits per heavy atom. The molecule has 0 aliphatic carbocycles. The molecule has 0 atom stereocenters. The van der Waals surface area contributed by atoms with Crippen LogP contribution in [0.3, 0.4) is 0 Å². The largest absolute Gasteiger partial charge is 0.342 e. The maximum Gasteiger partial charge on any atom is 0.208 e. The first-order valence-electron chi connectivity index (χ1n) is 6.50. The molecule has 0 saturated carbocycles. The molecule has 0 spiro atoms. The fourth-order valence-corrected chi connectivity index (χ4v) is 1.97. The van der Waals surface area contributed by atoms with Gasteiger partial charge in [0.2, 0.25) is 5.96 Å². The second-order valence-electron chi connectivity index (χ2n) is 4.96. The first-order valence-corrected chi connectivity index (χ1v) is 6.50. The third-order valence-corrected chi connectivity index (χ3v) is 2.89. The third-order valence-electron chi connectivity index (χ3n) is 2.89. The first-order chi connectivity index (χ1) is 7.74. The summed E-state index contributed by atoms with van der Waals surface area (Å²) in [6.45, 7) is 7.36. The van der Waals surface area contributed by atoms with E-state index in [0.717, 1.165) is 25.6 Å². The van der Waals surface area contributed by atoms with E-state index in [0.29, 0.717) is 5.92 Å².